The summed E-state index contributed by atoms with van der Waals surface area (Å²) in [6.07, 6.45) is 7.77. The number of carbonyl (C=O) groups is 2. The largest absolute Gasteiger partial charge is 0.381 e. The van der Waals surface area contributed by atoms with Crippen LogP contribution in [0.4, 0.5) is 0 Å². The number of nitrogens with one attached hydrogen (secondary N) is 1. The predicted molar refractivity (Wildman–Crippen MR) is 78.6 cm³/mol. The summed E-state index contributed by atoms with van der Waals surface area (Å²) in [6.45, 7) is 2.52. The van der Waals surface area contributed by atoms with Gasteiger partial charge in [0, 0.05) is 19.8 Å². The lowest BCUT2D eigenvalue weighted by Crippen LogP contribution is -2.61. The zero-order valence-corrected chi connectivity index (χ0v) is 12.7. The molecule has 0 radical (unpaired) electrons. The van der Waals surface area contributed by atoms with Crippen LogP contribution in [0.15, 0.2) is 0 Å². The highest BCUT2D eigenvalue weighted by atomic mass is 16.5. The van der Waals surface area contributed by atoms with Crippen LogP contribution in [0.25, 0.3) is 0 Å². The van der Waals surface area contributed by atoms with E-state index in [9.17, 15) is 9.59 Å². The first-order valence-corrected chi connectivity index (χ1v) is 8.40. The van der Waals surface area contributed by atoms with Gasteiger partial charge in [0.1, 0.15) is 6.04 Å². The maximum Gasteiger partial charge on any atom is 0.245 e. The van der Waals surface area contributed by atoms with E-state index >= 15 is 0 Å². The summed E-state index contributed by atoms with van der Waals surface area (Å²) in [4.78, 5) is 26.5. The Morgan fingerprint density at radius 2 is 1.76 bits per heavy atom. The third-order valence-corrected chi connectivity index (χ3v) is 5.17. The summed E-state index contributed by atoms with van der Waals surface area (Å²) >= 11 is 0. The minimum absolute atomic E-state index is 0.0113. The fraction of sp³-hybridized carbons (Fsp3) is 0.875. The first kappa shape index (κ1) is 14.8. The van der Waals surface area contributed by atoms with Gasteiger partial charge in [0.15, 0.2) is 0 Å². The second-order valence-corrected chi connectivity index (χ2v) is 6.72. The monoisotopic (exact) mass is 294 g/mol. The van der Waals surface area contributed by atoms with Gasteiger partial charge in [0.25, 0.3) is 0 Å². The molecule has 0 aromatic heterocycles. The first-order valence-electron chi connectivity index (χ1n) is 8.40. The number of rotatable bonds is 3. The van der Waals surface area contributed by atoms with Crippen LogP contribution < -0.4 is 5.32 Å². The Hall–Kier alpha value is -1.10. The molecule has 5 nitrogen and oxygen atoms in total. The highest BCUT2D eigenvalue weighted by molar-refractivity contribution is 5.95. The van der Waals surface area contributed by atoms with Crippen molar-refractivity contribution in [3.63, 3.8) is 0 Å². The molecular formula is C16H26N2O3. The summed E-state index contributed by atoms with van der Waals surface area (Å²) < 4.78 is 5.37. The Morgan fingerprint density at radius 1 is 1.05 bits per heavy atom. The third-order valence-electron chi connectivity index (χ3n) is 5.17. The van der Waals surface area contributed by atoms with Gasteiger partial charge < -0.3 is 15.0 Å². The zero-order valence-electron chi connectivity index (χ0n) is 12.7. The molecule has 5 heteroatoms. The number of hydrogen-bond donors (Lipinski definition) is 1. The van der Waals surface area contributed by atoms with Gasteiger partial charge in [-0.05, 0) is 37.5 Å². The smallest absolute Gasteiger partial charge is 0.245 e. The molecule has 1 saturated carbocycles. The third kappa shape index (κ3) is 3.57. The van der Waals surface area contributed by atoms with E-state index in [2.05, 4.69) is 5.32 Å². The van der Waals surface area contributed by atoms with Crippen LogP contribution in [0.5, 0.6) is 0 Å². The van der Waals surface area contributed by atoms with Crippen molar-refractivity contribution in [2.45, 2.75) is 51.0 Å². The Morgan fingerprint density at radius 3 is 2.48 bits per heavy atom. The lowest BCUT2D eigenvalue weighted by molar-refractivity contribution is -0.147. The van der Waals surface area contributed by atoms with Crippen LogP contribution in [0, 0.1) is 11.8 Å². The molecule has 2 heterocycles. The standard InChI is InChI=1S/C16H26N2O3/c19-14-11-18(10-12-6-8-21-9-7-12)16(20)15(17-14)13-4-2-1-3-5-13/h12-13,15H,1-11H2,(H,17,19). The maximum atomic E-state index is 12.7. The van der Waals surface area contributed by atoms with Crippen molar-refractivity contribution in [1.82, 2.24) is 10.2 Å². The molecule has 1 N–H and O–H groups in total. The molecule has 2 saturated heterocycles. The average molecular weight is 294 g/mol. The van der Waals surface area contributed by atoms with Gasteiger partial charge in [0.2, 0.25) is 11.8 Å². The molecule has 3 fully saturated rings. The van der Waals surface area contributed by atoms with Gasteiger partial charge in [-0.15, -0.1) is 0 Å². The van der Waals surface area contributed by atoms with Crippen molar-refractivity contribution in [2.24, 2.45) is 11.8 Å². The molecule has 1 unspecified atom stereocenters. The fourth-order valence-corrected chi connectivity index (χ4v) is 3.91. The van der Waals surface area contributed by atoms with Gasteiger partial charge in [0.05, 0.1) is 6.54 Å². The van der Waals surface area contributed by atoms with Crippen LogP contribution in [-0.4, -0.2) is 49.1 Å². The van der Waals surface area contributed by atoms with Crippen molar-refractivity contribution in [2.75, 3.05) is 26.3 Å². The van der Waals surface area contributed by atoms with Crippen LogP contribution >= 0.6 is 0 Å². The lowest BCUT2D eigenvalue weighted by atomic mass is 9.82. The summed E-state index contributed by atoms with van der Waals surface area (Å²) in [5.41, 5.74) is 0. The van der Waals surface area contributed by atoms with E-state index in [-0.39, 0.29) is 24.4 Å². The SMILES string of the molecule is O=C1CN(CC2CCOCC2)C(=O)C(C2CCCCC2)N1. The van der Waals surface area contributed by atoms with E-state index in [1.165, 1.54) is 19.3 Å². The zero-order chi connectivity index (χ0) is 14.7. The Kier molecular flexibility index (Phi) is 4.78. The van der Waals surface area contributed by atoms with E-state index in [1.54, 1.807) is 4.90 Å². The topological polar surface area (TPSA) is 58.6 Å². The maximum absolute atomic E-state index is 12.7. The molecule has 118 valence electrons. The molecule has 1 atom stereocenters. The summed E-state index contributed by atoms with van der Waals surface area (Å²) in [5, 5.41) is 2.95. The Balaban J connectivity index is 1.63. The van der Waals surface area contributed by atoms with E-state index in [4.69, 9.17) is 4.74 Å². The molecule has 3 rings (SSSR count). The normalized spacial score (nSPS) is 29.5. The van der Waals surface area contributed by atoms with Crippen LogP contribution in [-0.2, 0) is 14.3 Å². The quantitative estimate of drug-likeness (QED) is 0.854. The molecule has 0 aromatic rings. The highest BCUT2D eigenvalue weighted by Gasteiger charge is 2.38. The molecule has 0 aromatic carbocycles. The molecule has 2 amide bonds. The van der Waals surface area contributed by atoms with E-state index in [0.29, 0.717) is 11.8 Å². The molecule has 3 aliphatic rings. The number of carbonyl (C=O) groups excluding carboxylic acids is 2. The van der Waals surface area contributed by atoms with Crippen molar-refractivity contribution < 1.29 is 14.3 Å². The van der Waals surface area contributed by atoms with Gasteiger partial charge in [-0.3, -0.25) is 9.59 Å². The van der Waals surface area contributed by atoms with Crippen molar-refractivity contribution in [1.29, 1.82) is 0 Å². The van der Waals surface area contributed by atoms with Gasteiger partial charge in [-0.1, -0.05) is 19.3 Å². The number of hydrogen-bond acceptors (Lipinski definition) is 3. The van der Waals surface area contributed by atoms with Gasteiger partial charge >= 0.3 is 0 Å². The van der Waals surface area contributed by atoms with Crippen LogP contribution in [0.2, 0.25) is 0 Å². The fourth-order valence-electron chi connectivity index (χ4n) is 3.91. The second kappa shape index (κ2) is 6.77. The van der Waals surface area contributed by atoms with Crippen molar-refractivity contribution >= 4 is 11.8 Å². The van der Waals surface area contributed by atoms with Crippen LogP contribution in [0.3, 0.4) is 0 Å². The molecule has 0 bridgehead atoms. The minimum Gasteiger partial charge on any atom is -0.381 e. The first-order chi connectivity index (χ1) is 10.2. The lowest BCUT2D eigenvalue weighted by Gasteiger charge is -2.39. The van der Waals surface area contributed by atoms with Gasteiger partial charge in [-0.2, -0.15) is 0 Å². The molecule has 0 spiro atoms. The van der Waals surface area contributed by atoms with Crippen molar-refractivity contribution in [3.8, 4) is 0 Å². The van der Waals surface area contributed by atoms with Gasteiger partial charge in [-0.25, -0.2) is 0 Å². The number of ether oxygens (including phenoxy) is 1. The van der Waals surface area contributed by atoms with E-state index < -0.39 is 0 Å². The molecule has 1 aliphatic carbocycles. The summed E-state index contributed by atoms with van der Waals surface area (Å²) in [7, 11) is 0. The molecule has 2 aliphatic heterocycles. The van der Waals surface area contributed by atoms with E-state index in [0.717, 1.165) is 45.4 Å². The summed E-state index contributed by atoms with van der Waals surface area (Å²) in [5.74, 6) is 0.985. The average Bonchev–Trinajstić information content (AvgIpc) is 2.52. The number of amides is 2. The molecular weight excluding hydrogens is 268 g/mol. The molecule has 21 heavy (non-hydrogen) atoms. The highest BCUT2D eigenvalue weighted by Crippen LogP contribution is 2.29. The summed E-state index contributed by atoms with van der Waals surface area (Å²) in [6, 6.07) is -0.272. The van der Waals surface area contributed by atoms with E-state index in [1.807, 2.05) is 0 Å². The van der Waals surface area contributed by atoms with Crippen molar-refractivity contribution in [3.05, 3.63) is 0 Å². The second-order valence-electron chi connectivity index (χ2n) is 6.72. The van der Waals surface area contributed by atoms with Crippen LogP contribution in [0.1, 0.15) is 44.9 Å². The predicted octanol–water partition coefficient (Wildman–Crippen LogP) is 1.32. The number of nitrogens with zero attached hydrogens (tertiary/aromatic N) is 1. The number of piperazine rings is 1. The minimum atomic E-state index is -0.272. The Labute approximate surface area is 126 Å². The Bertz CT molecular complexity index is 387.